The number of para-hydroxylation sites is 1. The second-order valence-corrected chi connectivity index (χ2v) is 9.54. The molecule has 3 N–H and O–H groups in total. The van der Waals surface area contributed by atoms with Crippen molar-refractivity contribution in [3.8, 4) is 11.5 Å². The number of nitrogens with zero attached hydrogens (tertiary/aromatic N) is 1. The second kappa shape index (κ2) is 13.1. The van der Waals surface area contributed by atoms with Crippen LogP contribution in [0.2, 0.25) is 0 Å². The van der Waals surface area contributed by atoms with Gasteiger partial charge in [-0.15, -0.1) is 0 Å². The Labute approximate surface area is 223 Å². The Morgan fingerprint density at radius 1 is 0.974 bits per heavy atom. The molecule has 3 amide bonds. The van der Waals surface area contributed by atoms with Crippen LogP contribution in [-0.4, -0.2) is 74.8 Å². The van der Waals surface area contributed by atoms with Gasteiger partial charge in [-0.25, -0.2) is 4.79 Å². The van der Waals surface area contributed by atoms with Gasteiger partial charge in [0.15, 0.2) is 17.6 Å². The van der Waals surface area contributed by atoms with Crippen molar-refractivity contribution in [1.82, 2.24) is 15.5 Å². The molecule has 4 rings (SSSR count). The number of anilines is 1. The molecular weight excluding hydrogens is 488 g/mol. The van der Waals surface area contributed by atoms with Gasteiger partial charge in [-0.3, -0.25) is 9.59 Å². The van der Waals surface area contributed by atoms with E-state index in [0.717, 1.165) is 32.1 Å². The Bertz CT molecular complexity index is 1110. The van der Waals surface area contributed by atoms with Crippen LogP contribution >= 0.6 is 0 Å². The molecule has 0 aromatic heterocycles. The SMILES string of the molecule is COc1ccc(C(=O)N2CCNC(C(OC(=O)NC3CCCCC3)C(=O)Nc3ccccc3)C2)cc1OC. The van der Waals surface area contributed by atoms with Crippen molar-refractivity contribution in [2.75, 3.05) is 39.2 Å². The summed E-state index contributed by atoms with van der Waals surface area (Å²) in [6.45, 7) is 1.05. The Hall–Kier alpha value is -3.79. The highest BCUT2D eigenvalue weighted by Gasteiger charge is 2.37. The molecule has 2 aromatic carbocycles. The van der Waals surface area contributed by atoms with E-state index in [-0.39, 0.29) is 18.5 Å². The molecule has 1 saturated carbocycles. The number of amides is 3. The molecule has 10 nitrogen and oxygen atoms in total. The molecule has 204 valence electrons. The minimum atomic E-state index is -1.15. The average Bonchev–Trinajstić information content (AvgIpc) is 2.96. The minimum Gasteiger partial charge on any atom is -0.493 e. The molecule has 2 atom stereocenters. The van der Waals surface area contributed by atoms with Crippen molar-refractivity contribution in [1.29, 1.82) is 0 Å². The number of hydrogen-bond donors (Lipinski definition) is 3. The van der Waals surface area contributed by atoms with Crippen LogP contribution in [0.5, 0.6) is 11.5 Å². The predicted octanol–water partition coefficient (Wildman–Crippen LogP) is 3.18. The summed E-state index contributed by atoms with van der Waals surface area (Å²) in [6.07, 6.45) is 3.28. The van der Waals surface area contributed by atoms with Gasteiger partial charge in [0.05, 0.1) is 20.3 Å². The fraction of sp³-hybridized carbons (Fsp3) is 0.464. The zero-order valence-corrected chi connectivity index (χ0v) is 21.9. The lowest BCUT2D eigenvalue weighted by Gasteiger charge is -2.37. The smallest absolute Gasteiger partial charge is 0.408 e. The summed E-state index contributed by atoms with van der Waals surface area (Å²) in [7, 11) is 3.05. The summed E-state index contributed by atoms with van der Waals surface area (Å²) < 4.78 is 16.3. The Morgan fingerprint density at radius 2 is 1.71 bits per heavy atom. The van der Waals surface area contributed by atoms with Crippen LogP contribution in [-0.2, 0) is 9.53 Å². The maximum atomic E-state index is 13.4. The molecule has 0 radical (unpaired) electrons. The number of methoxy groups -OCH3 is 2. The summed E-state index contributed by atoms with van der Waals surface area (Å²) in [4.78, 5) is 41.2. The molecule has 2 aliphatic rings. The first-order valence-electron chi connectivity index (χ1n) is 13.1. The van der Waals surface area contributed by atoms with Gasteiger partial charge in [0.2, 0.25) is 0 Å². The van der Waals surface area contributed by atoms with E-state index in [0.29, 0.717) is 35.8 Å². The fourth-order valence-corrected chi connectivity index (χ4v) is 4.93. The number of carbonyl (C=O) groups is 3. The van der Waals surface area contributed by atoms with Crippen LogP contribution in [0.25, 0.3) is 0 Å². The first-order chi connectivity index (χ1) is 18.5. The Balaban J connectivity index is 1.49. The zero-order chi connectivity index (χ0) is 26.9. The molecule has 1 saturated heterocycles. The largest absolute Gasteiger partial charge is 0.493 e. The lowest BCUT2D eigenvalue weighted by atomic mass is 9.96. The van der Waals surface area contributed by atoms with Crippen LogP contribution in [0.15, 0.2) is 48.5 Å². The molecule has 1 aliphatic carbocycles. The van der Waals surface area contributed by atoms with Crippen LogP contribution < -0.4 is 25.4 Å². The molecule has 10 heteroatoms. The van der Waals surface area contributed by atoms with Gasteiger partial charge in [-0.2, -0.15) is 0 Å². The van der Waals surface area contributed by atoms with Gasteiger partial charge in [-0.1, -0.05) is 37.5 Å². The maximum Gasteiger partial charge on any atom is 0.408 e. The summed E-state index contributed by atoms with van der Waals surface area (Å²) in [5, 5.41) is 9.02. The third-order valence-corrected chi connectivity index (χ3v) is 6.95. The van der Waals surface area contributed by atoms with Gasteiger partial charge in [-0.05, 0) is 43.2 Å². The number of carbonyl (C=O) groups excluding carboxylic acids is 3. The number of alkyl carbamates (subject to hydrolysis) is 1. The zero-order valence-electron chi connectivity index (χ0n) is 21.9. The van der Waals surface area contributed by atoms with Crippen molar-refractivity contribution in [3.63, 3.8) is 0 Å². The second-order valence-electron chi connectivity index (χ2n) is 9.54. The molecule has 2 aromatic rings. The number of ether oxygens (including phenoxy) is 3. The third kappa shape index (κ3) is 6.95. The first kappa shape index (κ1) is 27.3. The monoisotopic (exact) mass is 524 g/mol. The highest BCUT2D eigenvalue weighted by molar-refractivity contribution is 5.97. The molecule has 0 spiro atoms. The lowest BCUT2D eigenvalue weighted by molar-refractivity contribution is -0.126. The van der Waals surface area contributed by atoms with Crippen LogP contribution in [0.3, 0.4) is 0 Å². The standard InChI is InChI=1S/C28H36N4O6/c1-36-23-14-13-19(17-24(23)37-2)27(34)32-16-15-29-22(18-32)25(26(33)30-20-9-5-3-6-10-20)38-28(35)31-21-11-7-4-8-12-21/h3,5-6,9-10,13-14,17,21-22,25,29H,4,7-8,11-12,15-16,18H2,1-2H3,(H,30,33)(H,31,35). The normalized spacial score (nSPS) is 18.7. The van der Waals surface area contributed by atoms with Gasteiger partial charge in [0.25, 0.3) is 11.8 Å². The van der Waals surface area contributed by atoms with E-state index in [9.17, 15) is 14.4 Å². The molecule has 2 fully saturated rings. The van der Waals surface area contributed by atoms with Crippen molar-refractivity contribution in [3.05, 3.63) is 54.1 Å². The number of benzene rings is 2. The van der Waals surface area contributed by atoms with Gasteiger partial charge >= 0.3 is 6.09 Å². The van der Waals surface area contributed by atoms with Crippen LogP contribution in [0.4, 0.5) is 10.5 Å². The van der Waals surface area contributed by atoms with Crippen molar-refractivity contribution in [2.45, 2.75) is 50.3 Å². The van der Waals surface area contributed by atoms with Crippen LogP contribution in [0, 0.1) is 0 Å². The topological polar surface area (TPSA) is 118 Å². The van der Waals surface area contributed by atoms with Crippen molar-refractivity contribution < 1.29 is 28.6 Å². The Morgan fingerprint density at radius 3 is 2.42 bits per heavy atom. The summed E-state index contributed by atoms with van der Waals surface area (Å²) in [6, 6.07) is 13.4. The van der Waals surface area contributed by atoms with Crippen molar-refractivity contribution >= 4 is 23.6 Å². The number of nitrogens with one attached hydrogen (secondary N) is 3. The number of hydrogen-bond acceptors (Lipinski definition) is 7. The van der Waals surface area contributed by atoms with E-state index in [4.69, 9.17) is 14.2 Å². The number of piperazine rings is 1. The third-order valence-electron chi connectivity index (χ3n) is 6.95. The summed E-state index contributed by atoms with van der Waals surface area (Å²) >= 11 is 0. The van der Waals surface area contributed by atoms with E-state index in [1.54, 1.807) is 35.2 Å². The molecule has 2 unspecified atom stereocenters. The molecular formula is C28H36N4O6. The number of rotatable bonds is 8. The molecule has 0 bridgehead atoms. The molecule has 1 heterocycles. The van der Waals surface area contributed by atoms with E-state index in [1.807, 2.05) is 18.2 Å². The van der Waals surface area contributed by atoms with Crippen LogP contribution in [0.1, 0.15) is 42.5 Å². The predicted molar refractivity (Wildman–Crippen MR) is 143 cm³/mol. The first-order valence-corrected chi connectivity index (χ1v) is 13.1. The van der Waals surface area contributed by atoms with Crippen molar-refractivity contribution in [2.24, 2.45) is 0 Å². The molecule has 1 aliphatic heterocycles. The van der Waals surface area contributed by atoms with E-state index < -0.39 is 24.1 Å². The lowest BCUT2D eigenvalue weighted by Crippen LogP contribution is -2.61. The van der Waals surface area contributed by atoms with Gasteiger partial charge < -0.3 is 35.1 Å². The quantitative estimate of drug-likeness (QED) is 0.485. The van der Waals surface area contributed by atoms with Gasteiger partial charge in [0.1, 0.15) is 0 Å². The maximum absolute atomic E-state index is 13.4. The molecule has 38 heavy (non-hydrogen) atoms. The van der Waals surface area contributed by atoms with E-state index in [1.165, 1.54) is 14.2 Å². The fourth-order valence-electron chi connectivity index (χ4n) is 4.93. The summed E-state index contributed by atoms with van der Waals surface area (Å²) in [5.74, 6) is 0.296. The minimum absolute atomic E-state index is 0.0385. The Kier molecular flexibility index (Phi) is 9.42. The van der Waals surface area contributed by atoms with Gasteiger partial charge in [0, 0.05) is 36.9 Å². The summed E-state index contributed by atoms with van der Waals surface area (Å²) in [5.41, 5.74) is 1.03. The highest BCUT2D eigenvalue weighted by atomic mass is 16.6. The highest BCUT2D eigenvalue weighted by Crippen LogP contribution is 2.28. The van der Waals surface area contributed by atoms with E-state index >= 15 is 0 Å². The van der Waals surface area contributed by atoms with E-state index in [2.05, 4.69) is 16.0 Å². The average molecular weight is 525 g/mol.